The number of carbonyl (C=O) groups excluding carboxylic acids is 1. The van der Waals surface area contributed by atoms with Crippen molar-refractivity contribution in [3.8, 4) is 11.5 Å². The van der Waals surface area contributed by atoms with Crippen LogP contribution in [0.1, 0.15) is 16.7 Å². The molecule has 1 heterocycles. The molecule has 1 atom stereocenters. The number of amides is 1. The van der Waals surface area contributed by atoms with Crippen LogP contribution >= 0.6 is 0 Å². The van der Waals surface area contributed by atoms with Crippen LogP contribution in [-0.4, -0.2) is 41.7 Å². The number of nitrogens with one attached hydrogen (secondary N) is 1. The monoisotopic (exact) mass is 513 g/mol. The van der Waals surface area contributed by atoms with Gasteiger partial charge in [-0.1, -0.05) is 48.5 Å². The first kappa shape index (κ1) is 27.6. The number of ether oxygens (including phenoxy) is 1. The molecule has 3 aromatic rings. The molecule has 8 nitrogen and oxygen atoms in total. The Morgan fingerprint density at radius 2 is 1.49 bits per heavy atom. The molecule has 0 bridgehead atoms. The second-order valence-corrected chi connectivity index (χ2v) is 8.56. The first-order valence-corrected chi connectivity index (χ1v) is 11.2. The third-order valence-electron chi connectivity index (χ3n) is 4.79. The SMILES string of the molecule is COc1ccccc1.Cc1cccc2c1NC(=O)C2(O)c1ccc(O)cc1.O=S(=O)(O)C(F)(F)F. The summed E-state index contributed by atoms with van der Waals surface area (Å²) in [6, 6.07) is 21.1. The number of hydrogen-bond donors (Lipinski definition) is 4. The summed E-state index contributed by atoms with van der Waals surface area (Å²) in [6.07, 6.45) is 0. The third kappa shape index (κ3) is 6.50. The zero-order chi connectivity index (χ0) is 26.4. The maximum atomic E-state index is 12.2. The zero-order valence-corrected chi connectivity index (χ0v) is 19.3. The number of phenols is 1. The summed E-state index contributed by atoms with van der Waals surface area (Å²) in [4.78, 5) is 12.2. The Bertz CT molecular complexity index is 1260. The van der Waals surface area contributed by atoms with E-state index in [0.29, 0.717) is 16.8 Å². The molecule has 4 N–H and O–H groups in total. The Morgan fingerprint density at radius 3 is 1.94 bits per heavy atom. The van der Waals surface area contributed by atoms with Crippen molar-refractivity contribution in [3.05, 3.63) is 89.5 Å². The predicted molar refractivity (Wildman–Crippen MR) is 122 cm³/mol. The fourth-order valence-corrected chi connectivity index (χ4v) is 3.01. The van der Waals surface area contributed by atoms with E-state index in [9.17, 15) is 28.2 Å². The molecular weight excluding hydrogens is 491 g/mol. The van der Waals surface area contributed by atoms with Crippen LogP contribution in [0, 0.1) is 6.92 Å². The van der Waals surface area contributed by atoms with Crippen molar-refractivity contribution in [3.63, 3.8) is 0 Å². The van der Waals surface area contributed by atoms with Gasteiger partial charge < -0.3 is 20.3 Å². The fraction of sp³-hybridized carbons (Fsp3) is 0.174. The Hall–Kier alpha value is -3.61. The predicted octanol–water partition coefficient (Wildman–Crippen LogP) is 3.98. The second kappa shape index (κ2) is 10.8. The van der Waals surface area contributed by atoms with E-state index in [1.165, 1.54) is 12.1 Å². The lowest BCUT2D eigenvalue weighted by Crippen LogP contribution is -2.35. The quantitative estimate of drug-likeness (QED) is 0.301. The third-order valence-corrected chi connectivity index (χ3v) is 5.37. The molecule has 1 unspecified atom stereocenters. The average molecular weight is 513 g/mol. The van der Waals surface area contributed by atoms with Crippen molar-refractivity contribution >= 4 is 21.7 Å². The van der Waals surface area contributed by atoms with Gasteiger partial charge in [-0.05, 0) is 42.3 Å². The summed E-state index contributed by atoms with van der Waals surface area (Å²) in [5.74, 6) is 0.533. The number of phenolic OH excluding ortho intramolecular Hbond substituents is 1. The Kier molecular flexibility index (Phi) is 8.50. The summed E-state index contributed by atoms with van der Waals surface area (Å²) in [6.45, 7) is 1.88. The van der Waals surface area contributed by atoms with Gasteiger partial charge in [0.25, 0.3) is 5.91 Å². The van der Waals surface area contributed by atoms with Crippen LogP contribution in [0.15, 0.2) is 72.8 Å². The lowest BCUT2D eigenvalue weighted by atomic mass is 9.87. The molecule has 1 amide bonds. The number of aliphatic hydroxyl groups is 1. The number of methoxy groups -OCH3 is 1. The lowest BCUT2D eigenvalue weighted by molar-refractivity contribution is -0.129. The first-order valence-electron chi connectivity index (χ1n) is 9.78. The second-order valence-electron chi connectivity index (χ2n) is 7.15. The molecular formula is C23H22F3NO7S. The number of benzene rings is 3. The van der Waals surface area contributed by atoms with Crippen molar-refractivity contribution in [2.75, 3.05) is 12.4 Å². The molecule has 12 heteroatoms. The van der Waals surface area contributed by atoms with Gasteiger partial charge in [0.2, 0.25) is 0 Å². The maximum Gasteiger partial charge on any atom is 0.522 e. The minimum Gasteiger partial charge on any atom is -0.508 e. The van der Waals surface area contributed by atoms with Crippen molar-refractivity contribution < 1.29 is 45.9 Å². The summed E-state index contributed by atoms with van der Waals surface area (Å²) >= 11 is 0. The minimum atomic E-state index is -5.84. The molecule has 0 saturated heterocycles. The molecule has 4 rings (SSSR count). The molecule has 35 heavy (non-hydrogen) atoms. The minimum absolute atomic E-state index is 0.0928. The number of rotatable bonds is 2. The number of para-hydroxylation sites is 2. The van der Waals surface area contributed by atoms with Crippen LogP contribution in [0.2, 0.25) is 0 Å². The van der Waals surface area contributed by atoms with Crippen LogP contribution in [0.5, 0.6) is 11.5 Å². The number of carbonyl (C=O) groups is 1. The topological polar surface area (TPSA) is 133 Å². The Labute approximate surface area is 199 Å². The molecule has 3 aromatic carbocycles. The number of anilines is 1. The number of alkyl halides is 3. The first-order chi connectivity index (χ1) is 16.2. The van der Waals surface area contributed by atoms with E-state index in [4.69, 9.17) is 17.7 Å². The normalized spacial score (nSPS) is 16.6. The molecule has 1 aliphatic rings. The average Bonchev–Trinajstić information content (AvgIpc) is 3.07. The molecule has 0 fully saturated rings. The largest absolute Gasteiger partial charge is 0.522 e. The van der Waals surface area contributed by atoms with Crippen molar-refractivity contribution in [1.82, 2.24) is 0 Å². The van der Waals surface area contributed by atoms with Crippen molar-refractivity contribution in [2.45, 2.75) is 18.0 Å². The van der Waals surface area contributed by atoms with Crippen LogP contribution in [0.25, 0.3) is 0 Å². The van der Waals surface area contributed by atoms with Gasteiger partial charge in [-0.3, -0.25) is 9.35 Å². The molecule has 0 aliphatic carbocycles. The van der Waals surface area contributed by atoms with Gasteiger partial charge in [-0.25, -0.2) is 0 Å². The van der Waals surface area contributed by atoms with Gasteiger partial charge in [0, 0.05) is 5.56 Å². The van der Waals surface area contributed by atoms with E-state index in [1.54, 1.807) is 31.4 Å². The highest BCUT2D eigenvalue weighted by atomic mass is 32.2. The van der Waals surface area contributed by atoms with Gasteiger partial charge >= 0.3 is 15.6 Å². The summed E-state index contributed by atoms with van der Waals surface area (Å²) in [5, 5.41) is 22.8. The fourth-order valence-electron chi connectivity index (χ4n) is 3.01. The van der Waals surface area contributed by atoms with Gasteiger partial charge in [0.05, 0.1) is 12.8 Å². The Balaban J connectivity index is 0.000000224. The van der Waals surface area contributed by atoms with Crippen LogP contribution in [0.4, 0.5) is 18.9 Å². The van der Waals surface area contributed by atoms with Gasteiger partial charge in [-0.15, -0.1) is 0 Å². The zero-order valence-electron chi connectivity index (χ0n) is 18.4. The van der Waals surface area contributed by atoms with E-state index >= 15 is 0 Å². The number of halogens is 3. The summed E-state index contributed by atoms with van der Waals surface area (Å²) in [5.41, 5.74) is -4.69. The van der Waals surface area contributed by atoms with E-state index in [0.717, 1.165) is 11.3 Å². The molecule has 188 valence electrons. The highest BCUT2D eigenvalue weighted by Gasteiger charge is 2.47. The molecule has 0 saturated carbocycles. The van der Waals surface area contributed by atoms with Gasteiger partial charge in [0.1, 0.15) is 11.5 Å². The molecule has 1 aliphatic heterocycles. The smallest absolute Gasteiger partial charge is 0.508 e. The lowest BCUT2D eigenvalue weighted by Gasteiger charge is -2.21. The number of aryl methyl sites for hydroxylation is 1. The highest BCUT2D eigenvalue weighted by molar-refractivity contribution is 7.86. The van der Waals surface area contributed by atoms with E-state index in [1.807, 2.05) is 43.3 Å². The van der Waals surface area contributed by atoms with Gasteiger partial charge in [-0.2, -0.15) is 21.6 Å². The standard InChI is InChI=1S/C15H13NO3.C7H8O.CHF3O3S/c1-9-3-2-4-12-13(9)16-14(18)15(12,19)10-5-7-11(17)8-6-10;1-8-7-5-3-2-4-6-7;2-1(3,4)8(5,6)7/h2-8,17,19H,1H3,(H,16,18);2-6H,1H3;(H,5,6,7). The van der Waals surface area contributed by atoms with Crippen molar-refractivity contribution in [2.24, 2.45) is 0 Å². The molecule has 0 aromatic heterocycles. The van der Waals surface area contributed by atoms with E-state index < -0.39 is 27.1 Å². The highest BCUT2D eigenvalue weighted by Crippen LogP contribution is 2.42. The van der Waals surface area contributed by atoms with Crippen LogP contribution in [0.3, 0.4) is 0 Å². The number of fused-ring (bicyclic) bond motifs is 1. The van der Waals surface area contributed by atoms with E-state index in [2.05, 4.69) is 5.32 Å². The van der Waals surface area contributed by atoms with Crippen LogP contribution in [-0.2, 0) is 20.5 Å². The molecule has 0 spiro atoms. The number of aromatic hydroxyl groups is 1. The molecule has 0 radical (unpaired) electrons. The maximum absolute atomic E-state index is 12.2. The van der Waals surface area contributed by atoms with Gasteiger partial charge in [0.15, 0.2) is 5.60 Å². The van der Waals surface area contributed by atoms with E-state index in [-0.39, 0.29) is 5.75 Å². The van der Waals surface area contributed by atoms with Crippen LogP contribution < -0.4 is 10.1 Å². The number of hydrogen-bond acceptors (Lipinski definition) is 6. The Morgan fingerprint density at radius 1 is 0.943 bits per heavy atom. The summed E-state index contributed by atoms with van der Waals surface area (Å²) in [7, 11) is -4.18. The summed E-state index contributed by atoms with van der Waals surface area (Å²) < 4.78 is 62.5. The van der Waals surface area contributed by atoms with Crippen molar-refractivity contribution in [1.29, 1.82) is 0 Å².